The molecule has 1 aliphatic heterocycles. The van der Waals surface area contributed by atoms with Gasteiger partial charge in [0.15, 0.2) is 0 Å². The molecule has 1 aliphatic rings. The van der Waals surface area contributed by atoms with Crippen LogP contribution in [0, 0.1) is 0 Å². The molecule has 0 spiro atoms. The van der Waals surface area contributed by atoms with Crippen molar-refractivity contribution in [3.8, 4) is 16.9 Å². The van der Waals surface area contributed by atoms with Crippen molar-refractivity contribution < 1.29 is 4.74 Å². The number of ether oxygens (including phenoxy) is 1. The van der Waals surface area contributed by atoms with Crippen molar-refractivity contribution in [1.29, 1.82) is 0 Å². The molecule has 0 radical (unpaired) electrons. The SMILES string of the molecule is COc1ccccc1-c1cccc2c1CN(Cc1ccccc1)CC2.Cl. The molecule has 0 N–H and O–H groups in total. The van der Waals surface area contributed by atoms with Crippen LogP contribution in [0.3, 0.4) is 0 Å². The van der Waals surface area contributed by atoms with E-state index in [2.05, 4.69) is 65.6 Å². The second kappa shape index (κ2) is 8.39. The number of hydrogen-bond acceptors (Lipinski definition) is 2. The van der Waals surface area contributed by atoms with Crippen molar-refractivity contribution in [2.75, 3.05) is 13.7 Å². The van der Waals surface area contributed by atoms with Gasteiger partial charge >= 0.3 is 0 Å². The summed E-state index contributed by atoms with van der Waals surface area (Å²) >= 11 is 0. The van der Waals surface area contributed by atoms with E-state index >= 15 is 0 Å². The fourth-order valence-electron chi connectivity index (χ4n) is 3.73. The molecule has 0 bridgehead atoms. The van der Waals surface area contributed by atoms with E-state index in [0.29, 0.717) is 0 Å². The Kier molecular flexibility index (Phi) is 5.97. The van der Waals surface area contributed by atoms with Crippen molar-refractivity contribution in [3.63, 3.8) is 0 Å². The highest BCUT2D eigenvalue weighted by molar-refractivity contribution is 5.85. The van der Waals surface area contributed by atoms with Crippen LogP contribution in [0.2, 0.25) is 0 Å². The molecular weight excluding hydrogens is 342 g/mol. The van der Waals surface area contributed by atoms with Crippen LogP contribution in [-0.2, 0) is 19.5 Å². The molecule has 0 fully saturated rings. The number of para-hydroxylation sites is 1. The van der Waals surface area contributed by atoms with Gasteiger partial charge in [0.05, 0.1) is 7.11 Å². The number of rotatable bonds is 4. The van der Waals surface area contributed by atoms with E-state index in [1.165, 1.54) is 27.8 Å². The van der Waals surface area contributed by atoms with E-state index < -0.39 is 0 Å². The first-order valence-corrected chi connectivity index (χ1v) is 8.85. The molecule has 2 nitrogen and oxygen atoms in total. The van der Waals surface area contributed by atoms with E-state index in [4.69, 9.17) is 4.74 Å². The average Bonchev–Trinajstić information content (AvgIpc) is 2.68. The van der Waals surface area contributed by atoms with Gasteiger partial charge in [0, 0.05) is 25.2 Å². The van der Waals surface area contributed by atoms with Crippen molar-refractivity contribution >= 4 is 12.4 Å². The zero-order valence-electron chi connectivity index (χ0n) is 15.0. The van der Waals surface area contributed by atoms with Gasteiger partial charge in [-0.1, -0.05) is 66.7 Å². The average molecular weight is 366 g/mol. The molecule has 134 valence electrons. The van der Waals surface area contributed by atoms with Crippen LogP contribution in [0.15, 0.2) is 72.8 Å². The van der Waals surface area contributed by atoms with Gasteiger partial charge in [-0.3, -0.25) is 4.90 Å². The highest BCUT2D eigenvalue weighted by Gasteiger charge is 2.20. The lowest BCUT2D eigenvalue weighted by molar-refractivity contribution is 0.246. The summed E-state index contributed by atoms with van der Waals surface area (Å²) in [7, 11) is 1.75. The van der Waals surface area contributed by atoms with Crippen molar-refractivity contribution in [3.05, 3.63) is 89.5 Å². The molecule has 3 heteroatoms. The normalized spacial score (nSPS) is 13.6. The summed E-state index contributed by atoms with van der Waals surface area (Å²) in [6.07, 6.45) is 1.10. The lowest BCUT2D eigenvalue weighted by Crippen LogP contribution is -2.30. The molecule has 0 unspecified atom stereocenters. The minimum Gasteiger partial charge on any atom is -0.496 e. The Labute approximate surface area is 161 Å². The smallest absolute Gasteiger partial charge is 0.126 e. The highest BCUT2D eigenvalue weighted by Crippen LogP contribution is 2.36. The quantitative estimate of drug-likeness (QED) is 0.618. The summed E-state index contributed by atoms with van der Waals surface area (Å²) in [6, 6.07) is 25.7. The van der Waals surface area contributed by atoms with E-state index in [1.807, 2.05) is 12.1 Å². The number of hydrogen-bond donors (Lipinski definition) is 0. The van der Waals surface area contributed by atoms with Crippen LogP contribution in [-0.4, -0.2) is 18.6 Å². The zero-order chi connectivity index (χ0) is 17.1. The molecule has 3 aromatic rings. The third kappa shape index (κ3) is 3.77. The van der Waals surface area contributed by atoms with Gasteiger partial charge in [0.25, 0.3) is 0 Å². The van der Waals surface area contributed by atoms with Crippen LogP contribution < -0.4 is 4.74 Å². The number of nitrogens with zero attached hydrogens (tertiary/aromatic N) is 1. The highest BCUT2D eigenvalue weighted by atomic mass is 35.5. The molecule has 0 atom stereocenters. The van der Waals surface area contributed by atoms with Crippen molar-refractivity contribution in [2.45, 2.75) is 19.5 Å². The summed E-state index contributed by atoms with van der Waals surface area (Å²) in [5.74, 6) is 0.941. The van der Waals surface area contributed by atoms with E-state index in [0.717, 1.165) is 31.8 Å². The minimum absolute atomic E-state index is 0. The molecule has 0 amide bonds. The van der Waals surface area contributed by atoms with Crippen molar-refractivity contribution in [2.24, 2.45) is 0 Å². The van der Waals surface area contributed by atoms with Crippen molar-refractivity contribution in [1.82, 2.24) is 4.90 Å². The Hall–Kier alpha value is -2.29. The maximum atomic E-state index is 5.60. The maximum absolute atomic E-state index is 5.60. The summed E-state index contributed by atoms with van der Waals surface area (Å²) < 4.78 is 5.60. The summed E-state index contributed by atoms with van der Waals surface area (Å²) in [4.78, 5) is 2.54. The topological polar surface area (TPSA) is 12.5 Å². The number of methoxy groups -OCH3 is 1. The Morgan fingerprint density at radius 3 is 2.38 bits per heavy atom. The van der Waals surface area contributed by atoms with E-state index in [-0.39, 0.29) is 12.4 Å². The maximum Gasteiger partial charge on any atom is 0.126 e. The first-order chi connectivity index (χ1) is 12.3. The number of benzene rings is 3. The first kappa shape index (κ1) is 18.5. The summed E-state index contributed by atoms with van der Waals surface area (Å²) in [6.45, 7) is 3.09. The molecule has 0 saturated carbocycles. The molecule has 4 rings (SSSR count). The van der Waals surface area contributed by atoms with Gasteiger partial charge in [-0.25, -0.2) is 0 Å². The first-order valence-electron chi connectivity index (χ1n) is 8.85. The minimum atomic E-state index is 0. The predicted molar refractivity (Wildman–Crippen MR) is 110 cm³/mol. The third-order valence-electron chi connectivity index (χ3n) is 5.00. The van der Waals surface area contributed by atoms with Gasteiger partial charge in [-0.15, -0.1) is 12.4 Å². The fraction of sp³-hybridized carbons (Fsp3) is 0.217. The second-order valence-corrected chi connectivity index (χ2v) is 6.59. The molecule has 0 aromatic heterocycles. The molecule has 3 aromatic carbocycles. The predicted octanol–water partition coefficient (Wildman–Crippen LogP) is 5.34. The molecule has 1 heterocycles. The lowest BCUT2D eigenvalue weighted by atomic mass is 9.90. The molecular formula is C23H24ClNO. The van der Waals surface area contributed by atoms with Gasteiger partial charge in [-0.2, -0.15) is 0 Å². The monoisotopic (exact) mass is 365 g/mol. The Balaban J connectivity index is 0.00000196. The van der Waals surface area contributed by atoms with Gasteiger partial charge in [-0.05, 0) is 34.7 Å². The number of fused-ring (bicyclic) bond motifs is 1. The van der Waals surface area contributed by atoms with Crippen LogP contribution in [0.5, 0.6) is 5.75 Å². The third-order valence-corrected chi connectivity index (χ3v) is 5.00. The number of halogens is 1. The van der Waals surface area contributed by atoms with Gasteiger partial charge in [0.2, 0.25) is 0 Å². The standard InChI is InChI=1S/C23H23NO.ClH/c1-25-23-13-6-5-11-21(23)20-12-7-10-19-14-15-24(17-22(19)20)16-18-8-3-2-4-9-18;/h2-13H,14-17H2,1H3;1H. The largest absolute Gasteiger partial charge is 0.496 e. The molecule has 26 heavy (non-hydrogen) atoms. The second-order valence-electron chi connectivity index (χ2n) is 6.59. The Morgan fingerprint density at radius 2 is 1.58 bits per heavy atom. The Morgan fingerprint density at radius 1 is 0.846 bits per heavy atom. The Bertz CT molecular complexity index is 863. The summed E-state index contributed by atoms with van der Waals surface area (Å²) in [5.41, 5.74) is 6.76. The summed E-state index contributed by atoms with van der Waals surface area (Å²) in [5, 5.41) is 0. The van der Waals surface area contributed by atoms with Crippen LogP contribution in [0.1, 0.15) is 16.7 Å². The molecule has 0 saturated heterocycles. The van der Waals surface area contributed by atoms with Gasteiger partial charge in [0.1, 0.15) is 5.75 Å². The van der Waals surface area contributed by atoms with Crippen LogP contribution in [0.4, 0.5) is 0 Å². The van der Waals surface area contributed by atoms with Crippen LogP contribution >= 0.6 is 12.4 Å². The van der Waals surface area contributed by atoms with E-state index in [9.17, 15) is 0 Å². The lowest BCUT2D eigenvalue weighted by Gasteiger charge is -2.30. The molecule has 0 aliphatic carbocycles. The van der Waals surface area contributed by atoms with Crippen LogP contribution in [0.25, 0.3) is 11.1 Å². The fourth-order valence-corrected chi connectivity index (χ4v) is 3.73. The van der Waals surface area contributed by atoms with Gasteiger partial charge < -0.3 is 4.74 Å². The van der Waals surface area contributed by atoms with E-state index in [1.54, 1.807) is 7.11 Å². The zero-order valence-corrected chi connectivity index (χ0v) is 15.8.